The molecule has 0 atom stereocenters. The second-order valence-electron chi connectivity index (χ2n) is 12.2. The number of nitrogens with zero attached hydrogens (tertiary/aromatic N) is 4. The van der Waals surface area contributed by atoms with Crippen LogP contribution in [-0.2, 0) is 0 Å². The molecular formula is C44H26N4O2. The lowest BCUT2D eigenvalue weighted by molar-refractivity contribution is 0.667. The summed E-state index contributed by atoms with van der Waals surface area (Å²) in [5.74, 6) is 1.23. The molecule has 0 saturated heterocycles. The third-order valence-corrected chi connectivity index (χ3v) is 9.15. The fourth-order valence-corrected chi connectivity index (χ4v) is 6.65. The minimum atomic E-state index is 0.611. The lowest BCUT2D eigenvalue weighted by Gasteiger charge is -2.09. The number of hydrogen-bond acceptors (Lipinski definition) is 6. The molecule has 234 valence electrons. The molecule has 10 rings (SSSR count). The maximum Gasteiger partial charge on any atom is 0.180 e. The van der Waals surface area contributed by atoms with Crippen LogP contribution < -0.4 is 0 Å². The summed E-state index contributed by atoms with van der Waals surface area (Å²) in [6.07, 6.45) is 0. The van der Waals surface area contributed by atoms with E-state index in [1.165, 1.54) is 0 Å². The number of fused-ring (bicyclic) bond motifs is 6. The van der Waals surface area contributed by atoms with E-state index >= 15 is 0 Å². The number of hydrogen-bond donors (Lipinski definition) is 0. The highest BCUT2D eigenvalue weighted by atomic mass is 16.3. The highest BCUT2D eigenvalue weighted by Crippen LogP contribution is 2.38. The SMILES string of the molecule is c1ccc(-c2ccc(-c3nc(-c4ccc(-c5nc(-c6ccccc6)c6oc7ccccc7c6n5)cc4)nc4c3oc3ccccc34)cc2)cc1. The van der Waals surface area contributed by atoms with Gasteiger partial charge in [0.05, 0.1) is 0 Å². The molecule has 4 heterocycles. The van der Waals surface area contributed by atoms with E-state index in [0.29, 0.717) is 22.8 Å². The summed E-state index contributed by atoms with van der Waals surface area (Å²) < 4.78 is 12.7. The molecule has 6 aromatic carbocycles. The molecule has 0 radical (unpaired) electrons. The highest BCUT2D eigenvalue weighted by Gasteiger charge is 2.20. The first-order chi connectivity index (χ1) is 24.8. The minimum Gasteiger partial charge on any atom is -0.452 e. The minimum absolute atomic E-state index is 0.611. The topological polar surface area (TPSA) is 77.8 Å². The number of furan rings is 2. The molecule has 6 heteroatoms. The van der Waals surface area contributed by atoms with E-state index in [9.17, 15) is 0 Å². The van der Waals surface area contributed by atoms with E-state index in [2.05, 4.69) is 48.5 Å². The van der Waals surface area contributed by atoms with Gasteiger partial charge in [0.1, 0.15) is 33.6 Å². The Morgan fingerprint density at radius 1 is 0.300 bits per heavy atom. The summed E-state index contributed by atoms with van der Waals surface area (Å²) in [4.78, 5) is 20.2. The first-order valence-electron chi connectivity index (χ1n) is 16.5. The predicted molar refractivity (Wildman–Crippen MR) is 199 cm³/mol. The normalized spacial score (nSPS) is 11.6. The zero-order chi connectivity index (χ0) is 33.0. The zero-order valence-corrected chi connectivity index (χ0v) is 26.6. The van der Waals surface area contributed by atoms with E-state index in [-0.39, 0.29) is 0 Å². The quantitative estimate of drug-likeness (QED) is 0.186. The van der Waals surface area contributed by atoms with Crippen LogP contribution in [-0.4, -0.2) is 19.9 Å². The van der Waals surface area contributed by atoms with Crippen LogP contribution in [0.25, 0.3) is 101 Å². The van der Waals surface area contributed by atoms with Crippen LogP contribution >= 0.6 is 0 Å². The second-order valence-corrected chi connectivity index (χ2v) is 12.2. The van der Waals surface area contributed by atoms with Gasteiger partial charge < -0.3 is 8.83 Å². The Bertz CT molecular complexity index is 2840. The average molecular weight is 643 g/mol. The number of aromatic nitrogens is 4. The van der Waals surface area contributed by atoms with Gasteiger partial charge in [0.15, 0.2) is 22.8 Å². The standard InChI is InChI=1S/C44H26N4O2/c1-3-11-27(12-4-1)28-19-21-30(22-20-28)38-42-40(34-16-8-10-18-36(34)50-42)48-44(46-38)32-25-23-31(24-26-32)43-45-37(29-13-5-2-6-14-29)41-39(47-43)33-15-7-9-17-35(33)49-41/h1-26H. The lowest BCUT2D eigenvalue weighted by atomic mass is 10.0. The Balaban J connectivity index is 1.10. The fourth-order valence-electron chi connectivity index (χ4n) is 6.65. The van der Waals surface area contributed by atoms with E-state index in [1.54, 1.807) is 0 Å². The summed E-state index contributed by atoms with van der Waals surface area (Å²) in [5, 5.41) is 1.91. The van der Waals surface area contributed by atoms with Gasteiger partial charge in [-0.05, 0) is 35.4 Å². The van der Waals surface area contributed by atoms with Crippen molar-refractivity contribution in [1.82, 2.24) is 19.9 Å². The van der Waals surface area contributed by atoms with Crippen molar-refractivity contribution in [3.8, 4) is 56.4 Å². The van der Waals surface area contributed by atoms with Crippen LogP contribution in [0.5, 0.6) is 0 Å². The zero-order valence-electron chi connectivity index (χ0n) is 26.6. The van der Waals surface area contributed by atoms with Gasteiger partial charge in [-0.3, -0.25) is 0 Å². The Morgan fingerprint density at radius 3 is 1.16 bits per heavy atom. The van der Waals surface area contributed by atoms with Crippen molar-refractivity contribution >= 4 is 44.1 Å². The van der Waals surface area contributed by atoms with Gasteiger partial charge in [0, 0.05) is 33.0 Å². The maximum atomic E-state index is 6.38. The first-order valence-corrected chi connectivity index (χ1v) is 16.5. The second kappa shape index (κ2) is 11.4. The molecular weight excluding hydrogens is 617 g/mol. The molecule has 0 N–H and O–H groups in total. The van der Waals surface area contributed by atoms with Crippen molar-refractivity contribution in [3.63, 3.8) is 0 Å². The van der Waals surface area contributed by atoms with Crippen LogP contribution in [0, 0.1) is 0 Å². The molecule has 0 amide bonds. The largest absolute Gasteiger partial charge is 0.452 e. The van der Waals surface area contributed by atoms with E-state index in [0.717, 1.165) is 77.7 Å². The molecule has 0 unspecified atom stereocenters. The van der Waals surface area contributed by atoms with Gasteiger partial charge in [-0.1, -0.05) is 133 Å². The van der Waals surface area contributed by atoms with Gasteiger partial charge in [-0.25, -0.2) is 19.9 Å². The fraction of sp³-hybridized carbons (Fsp3) is 0. The van der Waals surface area contributed by atoms with Crippen molar-refractivity contribution < 1.29 is 8.83 Å². The molecule has 0 aliphatic carbocycles. The third-order valence-electron chi connectivity index (χ3n) is 9.15. The Kier molecular flexibility index (Phi) is 6.39. The van der Waals surface area contributed by atoms with Gasteiger partial charge in [-0.15, -0.1) is 0 Å². The van der Waals surface area contributed by atoms with Crippen LogP contribution in [0.2, 0.25) is 0 Å². The summed E-state index contributed by atoms with van der Waals surface area (Å²) in [5.41, 5.74) is 12.0. The molecule has 6 nitrogen and oxygen atoms in total. The van der Waals surface area contributed by atoms with E-state index < -0.39 is 0 Å². The Hall–Kier alpha value is -6.92. The van der Waals surface area contributed by atoms with Crippen molar-refractivity contribution in [2.75, 3.05) is 0 Å². The summed E-state index contributed by atoms with van der Waals surface area (Å²) >= 11 is 0. The number of benzene rings is 6. The van der Waals surface area contributed by atoms with Crippen molar-refractivity contribution in [2.24, 2.45) is 0 Å². The molecule has 0 fully saturated rings. The van der Waals surface area contributed by atoms with Crippen LogP contribution in [0.4, 0.5) is 0 Å². The predicted octanol–water partition coefficient (Wildman–Crippen LogP) is 11.4. The molecule has 10 aromatic rings. The summed E-state index contributed by atoms with van der Waals surface area (Å²) in [7, 11) is 0. The highest BCUT2D eigenvalue weighted by molar-refractivity contribution is 6.08. The summed E-state index contributed by atoms with van der Waals surface area (Å²) in [6.45, 7) is 0. The van der Waals surface area contributed by atoms with Crippen molar-refractivity contribution in [3.05, 3.63) is 158 Å². The number of para-hydroxylation sites is 2. The Labute approximate surface area is 286 Å². The first kappa shape index (κ1) is 28.1. The lowest BCUT2D eigenvalue weighted by Crippen LogP contribution is -1.95. The van der Waals surface area contributed by atoms with Crippen molar-refractivity contribution in [2.45, 2.75) is 0 Å². The maximum absolute atomic E-state index is 6.38. The number of rotatable bonds is 5. The molecule has 4 aromatic heterocycles. The van der Waals surface area contributed by atoms with Crippen molar-refractivity contribution in [1.29, 1.82) is 0 Å². The van der Waals surface area contributed by atoms with E-state index in [4.69, 9.17) is 28.8 Å². The van der Waals surface area contributed by atoms with Gasteiger partial charge in [0.2, 0.25) is 0 Å². The van der Waals surface area contributed by atoms with Crippen LogP contribution in [0.3, 0.4) is 0 Å². The van der Waals surface area contributed by atoms with Crippen LogP contribution in [0.15, 0.2) is 167 Å². The van der Waals surface area contributed by atoms with Gasteiger partial charge in [-0.2, -0.15) is 0 Å². The van der Waals surface area contributed by atoms with Gasteiger partial charge in [0.25, 0.3) is 0 Å². The average Bonchev–Trinajstić information content (AvgIpc) is 3.77. The molecule has 0 aliphatic heterocycles. The van der Waals surface area contributed by atoms with Crippen LogP contribution in [0.1, 0.15) is 0 Å². The summed E-state index contributed by atoms with van der Waals surface area (Å²) in [6, 6.07) is 53.0. The molecule has 0 aliphatic rings. The molecule has 50 heavy (non-hydrogen) atoms. The molecule has 0 spiro atoms. The Morgan fingerprint density at radius 2 is 0.660 bits per heavy atom. The molecule has 0 bridgehead atoms. The molecule has 0 saturated carbocycles. The van der Waals surface area contributed by atoms with Gasteiger partial charge >= 0.3 is 0 Å². The third kappa shape index (κ3) is 4.65. The van der Waals surface area contributed by atoms with E-state index in [1.807, 2.05) is 109 Å². The monoisotopic (exact) mass is 642 g/mol. The smallest absolute Gasteiger partial charge is 0.180 e.